The van der Waals surface area contributed by atoms with Gasteiger partial charge in [-0.2, -0.15) is 0 Å². The number of carboxylic acid groups (broad SMARTS) is 1. The van der Waals surface area contributed by atoms with Crippen molar-refractivity contribution in [1.82, 2.24) is 0 Å². The van der Waals surface area contributed by atoms with Crippen LogP contribution in [0.4, 0.5) is 17.1 Å². The van der Waals surface area contributed by atoms with E-state index in [1.54, 1.807) is 36.4 Å². The Morgan fingerprint density at radius 1 is 1.10 bits per heavy atom. The van der Waals surface area contributed by atoms with E-state index in [1.807, 2.05) is 0 Å². The first-order chi connectivity index (χ1) is 9.49. The average Bonchev–Trinajstić information content (AvgIpc) is 2.41. The number of aromatic carboxylic acids is 1. The number of anilines is 3. The van der Waals surface area contributed by atoms with E-state index in [2.05, 4.69) is 5.32 Å². The quantitative estimate of drug-likeness (QED) is 0.632. The van der Waals surface area contributed by atoms with Crippen LogP contribution in [0.3, 0.4) is 0 Å². The van der Waals surface area contributed by atoms with Crippen LogP contribution in [0.5, 0.6) is 0 Å². The zero-order valence-corrected chi connectivity index (χ0v) is 10.5. The molecule has 2 aromatic rings. The van der Waals surface area contributed by atoms with Gasteiger partial charge in [0.2, 0.25) is 5.91 Å². The maximum absolute atomic E-state index is 11.1. The monoisotopic (exact) mass is 271 g/mol. The number of carbonyl (C=O) groups excluding carboxylic acids is 1. The van der Waals surface area contributed by atoms with E-state index in [4.69, 9.17) is 16.6 Å². The minimum absolute atomic E-state index is 0.0149. The third kappa shape index (κ3) is 2.69. The van der Waals surface area contributed by atoms with Gasteiger partial charge >= 0.3 is 5.97 Å². The number of carbonyl (C=O) groups is 2. The van der Waals surface area contributed by atoms with E-state index in [0.29, 0.717) is 16.9 Å². The number of nitrogens with two attached hydrogens (primary N) is 2. The summed E-state index contributed by atoms with van der Waals surface area (Å²) in [6, 6.07) is 11.2. The molecule has 20 heavy (non-hydrogen) atoms. The number of para-hydroxylation sites is 1. The van der Waals surface area contributed by atoms with Crippen LogP contribution in [0, 0.1) is 0 Å². The molecule has 6 nitrogen and oxygen atoms in total. The summed E-state index contributed by atoms with van der Waals surface area (Å²) >= 11 is 0. The first kappa shape index (κ1) is 13.4. The molecule has 0 aliphatic carbocycles. The van der Waals surface area contributed by atoms with Crippen molar-refractivity contribution in [2.45, 2.75) is 0 Å². The summed E-state index contributed by atoms with van der Waals surface area (Å²) in [6.45, 7) is 0. The van der Waals surface area contributed by atoms with Gasteiger partial charge in [-0.1, -0.05) is 12.1 Å². The first-order valence-electron chi connectivity index (χ1n) is 5.77. The molecule has 0 radical (unpaired) electrons. The summed E-state index contributed by atoms with van der Waals surface area (Å²) in [7, 11) is 0. The van der Waals surface area contributed by atoms with Gasteiger partial charge in [-0.05, 0) is 30.3 Å². The van der Waals surface area contributed by atoms with Crippen LogP contribution in [0.25, 0.3) is 0 Å². The van der Waals surface area contributed by atoms with Gasteiger partial charge in [0.05, 0.1) is 16.9 Å². The highest BCUT2D eigenvalue weighted by atomic mass is 16.4. The molecule has 0 bridgehead atoms. The molecule has 0 unspecified atom stereocenters. The summed E-state index contributed by atoms with van der Waals surface area (Å²) in [5, 5.41) is 12.0. The molecule has 102 valence electrons. The van der Waals surface area contributed by atoms with Gasteiger partial charge in [0.15, 0.2) is 0 Å². The molecule has 6 heteroatoms. The van der Waals surface area contributed by atoms with Gasteiger partial charge in [-0.25, -0.2) is 4.79 Å². The predicted octanol–water partition coefficient (Wildman–Crippen LogP) is 1.81. The van der Waals surface area contributed by atoms with E-state index in [9.17, 15) is 9.59 Å². The van der Waals surface area contributed by atoms with Gasteiger partial charge in [0.1, 0.15) is 0 Å². The zero-order chi connectivity index (χ0) is 14.7. The molecule has 0 aliphatic rings. The summed E-state index contributed by atoms with van der Waals surface area (Å²) in [4.78, 5) is 22.1. The van der Waals surface area contributed by atoms with Crippen molar-refractivity contribution in [3.05, 3.63) is 53.6 Å². The fourth-order valence-electron chi connectivity index (χ4n) is 1.77. The molecule has 2 rings (SSSR count). The largest absolute Gasteiger partial charge is 0.478 e. The van der Waals surface area contributed by atoms with Gasteiger partial charge in [-0.15, -0.1) is 0 Å². The normalized spacial score (nSPS) is 10.0. The number of carboxylic acids is 1. The van der Waals surface area contributed by atoms with Crippen molar-refractivity contribution in [3.8, 4) is 0 Å². The summed E-state index contributed by atoms with van der Waals surface area (Å²) in [6.07, 6.45) is 0. The molecule has 0 aliphatic heterocycles. The lowest BCUT2D eigenvalue weighted by molar-refractivity contribution is 0.0698. The summed E-state index contributed by atoms with van der Waals surface area (Å²) in [5.74, 6) is -1.64. The molecule has 0 saturated carbocycles. The molecular formula is C14H13N3O3. The maximum atomic E-state index is 11.1. The third-order valence-corrected chi connectivity index (χ3v) is 2.76. The number of hydrogen-bond donors (Lipinski definition) is 4. The Labute approximate surface area is 115 Å². The highest BCUT2D eigenvalue weighted by Gasteiger charge is 2.11. The topological polar surface area (TPSA) is 118 Å². The number of nitrogen functional groups attached to an aromatic ring is 1. The maximum Gasteiger partial charge on any atom is 0.337 e. The lowest BCUT2D eigenvalue weighted by atomic mass is 10.1. The lowest BCUT2D eigenvalue weighted by Gasteiger charge is -2.11. The number of hydrogen-bond acceptors (Lipinski definition) is 4. The van der Waals surface area contributed by atoms with Gasteiger partial charge in [0.25, 0.3) is 0 Å². The van der Waals surface area contributed by atoms with Crippen molar-refractivity contribution >= 4 is 28.9 Å². The second-order valence-electron chi connectivity index (χ2n) is 4.14. The van der Waals surface area contributed by atoms with E-state index in [-0.39, 0.29) is 11.3 Å². The van der Waals surface area contributed by atoms with Crippen LogP contribution in [0.15, 0.2) is 42.5 Å². The molecule has 0 atom stereocenters. The zero-order valence-electron chi connectivity index (χ0n) is 10.5. The Morgan fingerprint density at radius 3 is 2.45 bits per heavy atom. The van der Waals surface area contributed by atoms with Crippen molar-refractivity contribution < 1.29 is 14.7 Å². The summed E-state index contributed by atoms with van der Waals surface area (Å²) < 4.78 is 0. The van der Waals surface area contributed by atoms with Crippen LogP contribution in [0.1, 0.15) is 20.7 Å². The Kier molecular flexibility index (Phi) is 3.56. The van der Waals surface area contributed by atoms with Crippen LogP contribution in [0.2, 0.25) is 0 Å². The molecule has 0 spiro atoms. The SMILES string of the molecule is NC(=O)c1cccc(Nc2cccc(C(=O)O)c2N)c1. The molecule has 2 aromatic carbocycles. The standard InChI is InChI=1S/C14H13N3O3/c15-12-10(14(19)20)5-2-6-11(12)17-9-4-1-3-8(7-9)13(16)18/h1-7,17H,15H2,(H2,16,18)(H,19,20). The highest BCUT2D eigenvalue weighted by Crippen LogP contribution is 2.26. The first-order valence-corrected chi connectivity index (χ1v) is 5.77. The molecule has 0 fully saturated rings. The second kappa shape index (κ2) is 5.31. The van der Waals surface area contributed by atoms with Crippen LogP contribution < -0.4 is 16.8 Å². The molecular weight excluding hydrogens is 258 g/mol. The predicted molar refractivity (Wildman–Crippen MR) is 76.1 cm³/mol. The van der Waals surface area contributed by atoms with E-state index in [1.165, 1.54) is 6.07 Å². The molecule has 0 heterocycles. The Hall–Kier alpha value is -3.02. The van der Waals surface area contributed by atoms with Crippen molar-refractivity contribution in [2.75, 3.05) is 11.1 Å². The van der Waals surface area contributed by atoms with Gasteiger partial charge < -0.3 is 21.9 Å². The van der Waals surface area contributed by atoms with Crippen LogP contribution in [-0.2, 0) is 0 Å². The molecule has 0 aromatic heterocycles. The lowest BCUT2D eigenvalue weighted by Crippen LogP contribution is -2.11. The Morgan fingerprint density at radius 2 is 1.80 bits per heavy atom. The van der Waals surface area contributed by atoms with Gasteiger partial charge in [0, 0.05) is 11.3 Å². The number of rotatable bonds is 4. The molecule has 0 saturated heterocycles. The number of nitrogens with one attached hydrogen (secondary N) is 1. The minimum Gasteiger partial charge on any atom is -0.478 e. The van der Waals surface area contributed by atoms with Crippen molar-refractivity contribution in [2.24, 2.45) is 5.73 Å². The van der Waals surface area contributed by atoms with E-state index < -0.39 is 11.9 Å². The average molecular weight is 271 g/mol. The molecule has 6 N–H and O–H groups in total. The number of primary amides is 1. The fraction of sp³-hybridized carbons (Fsp3) is 0. The van der Waals surface area contributed by atoms with Crippen molar-refractivity contribution in [1.29, 1.82) is 0 Å². The van der Waals surface area contributed by atoms with Crippen LogP contribution >= 0.6 is 0 Å². The fourth-order valence-corrected chi connectivity index (χ4v) is 1.77. The van der Waals surface area contributed by atoms with Crippen molar-refractivity contribution in [3.63, 3.8) is 0 Å². The van der Waals surface area contributed by atoms with Crippen LogP contribution in [-0.4, -0.2) is 17.0 Å². The summed E-state index contributed by atoms with van der Waals surface area (Å²) in [5.41, 5.74) is 12.5. The van der Waals surface area contributed by atoms with Gasteiger partial charge in [-0.3, -0.25) is 4.79 Å². The third-order valence-electron chi connectivity index (χ3n) is 2.76. The Bertz CT molecular complexity index is 683. The molecule has 1 amide bonds. The smallest absolute Gasteiger partial charge is 0.337 e. The van der Waals surface area contributed by atoms with E-state index >= 15 is 0 Å². The minimum atomic E-state index is -1.10. The highest BCUT2D eigenvalue weighted by molar-refractivity contribution is 5.98. The van der Waals surface area contributed by atoms with E-state index in [0.717, 1.165) is 0 Å². The number of benzene rings is 2. The number of amides is 1. The Balaban J connectivity index is 2.35. The second-order valence-corrected chi connectivity index (χ2v) is 4.14.